The highest BCUT2D eigenvalue weighted by atomic mass is 15.1. The maximum absolute atomic E-state index is 4.25. The third-order valence-electron chi connectivity index (χ3n) is 2.71. The van der Waals surface area contributed by atoms with Crippen LogP contribution < -0.4 is 5.32 Å². The van der Waals surface area contributed by atoms with E-state index in [2.05, 4.69) is 54.6 Å². The van der Waals surface area contributed by atoms with Gasteiger partial charge in [-0.15, -0.1) is 0 Å². The lowest BCUT2D eigenvalue weighted by Gasteiger charge is -2.20. The summed E-state index contributed by atoms with van der Waals surface area (Å²) in [6, 6.07) is 0.461. The summed E-state index contributed by atoms with van der Waals surface area (Å²) in [5.41, 5.74) is 1.26. The molecule has 0 aromatic carbocycles. The van der Waals surface area contributed by atoms with Crippen LogP contribution in [0.25, 0.3) is 0 Å². The summed E-state index contributed by atoms with van der Waals surface area (Å²) in [6.45, 7) is 9.66. The quantitative estimate of drug-likeness (QED) is 0.785. The molecule has 0 radical (unpaired) electrons. The van der Waals surface area contributed by atoms with Crippen molar-refractivity contribution in [2.24, 2.45) is 5.92 Å². The Labute approximate surface area is 105 Å². The normalized spacial score (nSPS) is 13.6. The van der Waals surface area contributed by atoms with Gasteiger partial charge in [0, 0.05) is 25.3 Å². The van der Waals surface area contributed by atoms with Crippen molar-refractivity contribution in [2.45, 2.75) is 33.4 Å². The molecule has 4 heteroatoms. The second-order valence-corrected chi connectivity index (χ2v) is 5.43. The molecule has 1 rings (SSSR count). The van der Waals surface area contributed by atoms with E-state index in [1.165, 1.54) is 5.69 Å². The Bertz CT molecular complexity index is 317. The van der Waals surface area contributed by atoms with Gasteiger partial charge in [-0.3, -0.25) is 0 Å². The maximum Gasteiger partial charge on any atom is 0.0951 e. The third-order valence-corrected chi connectivity index (χ3v) is 2.71. The number of nitrogens with one attached hydrogen (secondary N) is 1. The highest BCUT2D eigenvalue weighted by Crippen LogP contribution is 2.10. The van der Waals surface area contributed by atoms with Gasteiger partial charge in [-0.2, -0.15) is 0 Å². The lowest BCUT2D eigenvalue weighted by atomic mass is 10.2. The minimum absolute atomic E-state index is 0.461. The number of likely N-dealkylation sites (N-methyl/N-ethyl adjacent to an activating group) is 1. The molecule has 17 heavy (non-hydrogen) atoms. The van der Waals surface area contributed by atoms with Crippen LogP contribution in [0.2, 0.25) is 0 Å². The van der Waals surface area contributed by atoms with Gasteiger partial charge in [-0.05, 0) is 33.5 Å². The number of hydrogen-bond acceptors (Lipinski definition) is 3. The zero-order valence-electron chi connectivity index (χ0n) is 11.8. The molecule has 98 valence electrons. The van der Waals surface area contributed by atoms with Crippen LogP contribution in [0, 0.1) is 5.92 Å². The summed E-state index contributed by atoms with van der Waals surface area (Å²) in [5, 5.41) is 3.46. The lowest BCUT2D eigenvalue weighted by molar-refractivity contribution is 0.331. The van der Waals surface area contributed by atoms with Crippen LogP contribution in [-0.4, -0.2) is 41.6 Å². The molecule has 1 atom stereocenters. The van der Waals surface area contributed by atoms with E-state index in [0.29, 0.717) is 12.0 Å². The number of imidazole rings is 1. The van der Waals surface area contributed by atoms with Crippen LogP contribution in [0.5, 0.6) is 0 Å². The zero-order chi connectivity index (χ0) is 12.8. The van der Waals surface area contributed by atoms with E-state index >= 15 is 0 Å². The fraction of sp³-hybridized carbons (Fsp3) is 0.769. The predicted octanol–water partition coefficient (Wildman–Crippen LogP) is 1.75. The Kier molecular flexibility index (Phi) is 5.65. The van der Waals surface area contributed by atoms with E-state index in [9.17, 15) is 0 Å². The van der Waals surface area contributed by atoms with Crippen molar-refractivity contribution in [1.82, 2.24) is 19.8 Å². The van der Waals surface area contributed by atoms with E-state index in [-0.39, 0.29) is 0 Å². The van der Waals surface area contributed by atoms with Crippen LogP contribution in [-0.2, 0) is 6.54 Å². The molecule has 0 spiro atoms. The van der Waals surface area contributed by atoms with Gasteiger partial charge in [0.25, 0.3) is 0 Å². The number of hydrogen-bond donors (Lipinski definition) is 1. The number of nitrogens with zero attached hydrogens (tertiary/aromatic N) is 3. The van der Waals surface area contributed by atoms with E-state index in [1.54, 1.807) is 0 Å². The van der Waals surface area contributed by atoms with Gasteiger partial charge < -0.3 is 14.8 Å². The van der Waals surface area contributed by atoms with E-state index in [0.717, 1.165) is 19.6 Å². The van der Waals surface area contributed by atoms with Gasteiger partial charge >= 0.3 is 0 Å². The van der Waals surface area contributed by atoms with Crippen LogP contribution >= 0.6 is 0 Å². The first-order chi connectivity index (χ1) is 8.00. The molecule has 0 aliphatic rings. The van der Waals surface area contributed by atoms with Crippen molar-refractivity contribution < 1.29 is 0 Å². The summed E-state index contributed by atoms with van der Waals surface area (Å²) >= 11 is 0. The molecule has 1 aromatic rings. The van der Waals surface area contributed by atoms with E-state index in [4.69, 9.17) is 0 Å². The topological polar surface area (TPSA) is 33.1 Å². The van der Waals surface area contributed by atoms with Crippen molar-refractivity contribution in [3.63, 3.8) is 0 Å². The molecule has 1 N–H and O–H groups in total. The Balaban J connectivity index is 2.53. The van der Waals surface area contributed by atoms with Crippen molar-refractivity contribution >= 4 is 0 Å². The molecule has 0 amide bonds. The van der Waals surface area contributed by atoms with Gasteiger partial charge in [-0.1, -0.05) is 13.8 Å². The number of rotatable bonds is 7. The SMILES string of the molecule is CC(C)CNCc1cncn1C(C)CN(C)C. The molecule has 4 nitrogen and oxygen atoms in total. The van der Waals surface area contributed by atoms with Crippen molar-refractivity contribution in [2.75, 3.05) is 27.2 Å². The standard InChI is InChI=1S/C13H26N4/c1-11(2)6-14-7-13-8-15-10-17(13)12(3)9-16(4)5/h8,10-12,14H,6-7,9H2,1-5H3. The summed E-state index contributed by atoms with van der Waals surface area (Å²) in [5.74, 6) is 0.686. The molecular weight excluding hydrogens is 212 g/mol. The minimum atomic E-state index is 0.461. The second kappa shape index (κ2) is 6.77. The fourth-order valence-corrected chi connectivity index (χ4v) is 1.97. The third kappa shape index (κ3) is 4.88. The summed E-state index contributed by atoms with van der Waals surface area (Å²) in [7, 11) is 4.20. The van der Waals surface area contributed by atoms with E-state index < -0.39 is 0 Å². The average Bonchev–Trinajstić information content (AvgIpc) is 2.64. The van der Waals surface area contributed by atoms with Crippen LogP contribution in [0.3, 0.4) is 0 Å². The summed E-state index contributed by atoms with van der Waals surface area (Å²) in [4.78, 5) is 6.46. The smallest absolute Gasteiger partial charge is 0.0951 e. The molecule has 1 aromatic heterocycles. The van der Waals surface area contributed by atoms with Gasteiger partial charge in [0.2, 0.25) is 0 Å². The summed E-state index contributed by atoms with van der Waals surface area (Å²) in [6.07, 6.45) is 3.89. The second-order valence-electron chi connectivity index (χ2n) is 5.43. The Morgan fingerprint density at radius 3 is 2.65 bits per heavy atom. The van der Waals surface area contributed by atoms with Gasteiger partial charge in [0.1, 0.15) is 0 Å². The summed E-state index contributed by atoms with van der Waals surface area (Å²) < 4.78 is 2.26. The Morgan fingerprint density at radius 1 is 1.35 bits per heavy atom. The number of aromatic nitrogens is 2. The molecule has 1 unspecified atom stereocenters. The van der Waals surface area contributed by atoms with Crippen molar-refractivity contribution in [3.8, 4) is 0 Å². The van der Waals surface area contributed by atoms with Gasteiger partial charge in [0.05, 0.1) is 12.0 Å². The monoisotopic (exact) mass is 238 g/mol. The predicted molar refractivity (Wildman–Crippen MR) is 72.0 cm³/mol. The first kappa shape index (κ1) is 14.2. The average molecular weight is 238 g/mol. The highest BCUT2D eigenvalue weighted by Gasteiger charge is 2.10. The van der Waals surface area contributed by atoms with Crippen molar-refractivity contribution in [3.05, 3.63) is 18.2 Å². The minimum Gasteiger partial charge on any atom is -0.329 e. The van der Waals surface area contributed by atoms with Gasteiger partial charge in [-0.25, -0.2) is 4.98 Å². The maximum atomic E-state index is 4.25. The molecule has 0 aliphatic heterocycles. The molecule has 0 fully saturated rings. The molecule has 0 saturated carbocycles. The molecule has 0 saturated heterocycles. The lowest BCUT2D eigenvalue weighted by Crippen LogP contribution is -2.25. The molecule has 0 aliphatic carbocycles. The first-order valence-corrected chi connectivity index (χ1v) is 6.36. The van der Waals surface area contributed by atoms with Crippen LogP contribution in [0.15, 0.2) is 12.5 Å². The molecular formula is C13H26N4. The molecule has 1 heterocycles. The first-order valence-electron chi connectivity index (χ1n) is 6.36. The van der Waals surface area contributed by atoms with Crippen LogP contribution in [0.1, 0.15) is 32.5 Å². The van der Waals surface area contributed by atoms with E-state index in [1.807, 2.05) is 12.5 Å². The Morgan fingerprint density at radius 2 is 2.06 bits per heavy atom. The Hall–Kier alpha value is -0.870. The molecule has 0 bridgehead atoms. The van der Waals surface area contributed by atoms with Crippen LogP contribution in [0.4, 0.5) is 0 Å². The van der Waals surface area contributed by atoms with Gasteiger partial charge in [0.15, 0.2) is 0 Å². The highest BCUT2D eigenvalue weighted by molar-refractivity contribution is 5.00. The van der Waals surface area contributed by atoms with Crippen molar-refractivity contribution in [1.29, 1.82) is 0 Å². The fourth-order valence-electron chi connectivity index (χ4n) is 1.97. The zero-order valence-corrected chi connectivity index (χ0v) is 11.8. The largest absolute Gasteiger partial charge is 0.329 e.